The Hall–Kier alpha value is -2.81. The van der Waals surface area contributed by atoms with Crippen LogP contribution in [0.2, 0.25) is 0 Å². The quantitative estimate of drug-likeness (QED) is 0.479. The fraction of sp³-hybridized carbons (Fsp3) is 0.435. The molecule has 4 N–H and O–H groups in total. The van der Waals surface area contributed by atoms with Crippen molar-refractivity contribution < 1.29 is 24.5 Å². The highest BCUT2D eigenvalue weighted by Crippen LogP contribution is 2.49. The SMILES string of the molecule is CCOc1cc(C2C3C(NNC3c3ccccc3O)C(=O)N2CCCOC)ccc1O. The first-order valence-electron chi connectivity index (χ1n) is 10.6. The lowest BCUT2D eigenvalue weighted by Gasteiger charge is -2.31. The molecule has 0 spiro atoms. The smallest absolute Gasteiger partial charge is 0.242 e. The van der Waals surface area contributed by atoms with Crippen LogP contribution in [0.25, 0.3) is 0 Å². The van der Waals surface area contributed by atoms with Gasteiger partial charge in [0.1, 0.15) is 11.8 Å². The van der Waals surface area contributed by atoms with E-state index in [-0.39, 0.29) is 35.4 Å². The van der Waals surface area contributed by atoms with E-state index in [4.69, 9.17) is 9.47 Å². The van der Waals surface area contributed by atoms with Crippen molar-refractivity contribution >= 4 is 5.91 Å². The number of fused-ring (bicyclic) bond motifs is 1. The van der Waals surface area contributed by atoms with Gasteiger partial charge in [0.2, 0.25) is 5.91 Å². The Bertz CT molecular complexity index is 937. The predicted octanol–water partition coefficient (Wildman–Crippen LogP) is 2.25. The number of nitrogens with one attached hydrogen (secondary N) is 2. The van der Waals surface area contributed by atoms with Gasteiger partial charge in [-0.25, -0.2) is 10.9 Å². The van der Waals surface area contributed by atoms with Crippen LogP contribution in [0.4, 0.5) is 0 Å². The fourth-order valence-corrected chi connectivity index (χ4v) is 4.73. The molecule has 2 aliphatic heterocycles. The maximum absolute atomic E-state index is 13.3. The molecule has 2 saturated heterocycles. The van der Waals surface area contributed by atoms with E-state index in [2.05, 4.69) is 10.9 Å². The highest BCUT2D eigenvalue weighted by atomic mass is 16.5. The van der Waals surface area contributed by atoms with Crippen molar-refractivity contribution in [3.63, 3.8) is 0 Å². The zero-order chi connectivity index (χ0) is 22.0. The number of phenolic OH excluding ortho intramolecular Hbond substituents is 2. The van der Waals surface area contributed by atoms with Crippen molar-refractivity contribution in [3.05, 3.63) is 53.6 Å². The number of aromatic hydroxyl groups is 2. The number of rotatable bonds is 8. The van der Waals surface area contributed by atoms with Crippen LogP contribution < -0.4 is 15.6 Å². The summed E-state index contributed by atoms with van der Waals surface area (Å²) in [6.07, 6.45) is 0.712. The van der Waals surface area contributed by atoms with Crippen molar-refractivity contribution in [1.82, 2.24) is 15.8 Å². The van der Waals surface area contributed by atoms with Crippen molar-refractivity contribution in [3.8, 4) is 17.2 Å². The van der Waals surface area contributed by atoms with Gasteiger partial charge in [0.05, 0.1) is 18.7 Å². The highest BCUT2D eigenvalue weighted by Gasteiger charge is 2.55. The summed E-state index contributed by atoms with van der Waals surface area (Å²) >= 11 is 0. The zero-order valence-corrected chi connectivity index (χ0v) is 17.7. The standard InChI is InChI=1S/C23H29N3O5/c1-3-31-18-13-14(9-10-17(18)28)22-19-20(15-7-4-5-8-16(15)27)24-25-21(19)23(29)26(22)11-6-12-30-2/h4-5,7-10,13,19-22,24-25,27-28H,3,6,11-12H2,1-2H3. The zero-order valence-electron chi connectivity index (χ0n) is 17.7. The molecule has 2 fully saturated rings. The second-order valence-corrected chi connectivity index (χ2v) is 7.86. The Kier molecular flexibility index (Phi) is 6.31. The third kappa shape index (κ3) is 3.94. The summed E-state index contributed by atoms with van der Waals surface area (Å²) in [7, 11) is 1.64. The van der Waals surface area contributed by atoms with Crippen LogP contribution in [0.1, 0.15) is 36.6 Å². The molecule has 0 aliphatic carbocycles. The number of nitrogens with zero attached hydrogens (tertiary/aromatic N) is 1. The summed E-state index contributed by atoms with van der Waals surface area (Å²) in [4.78, 5) is 15.2. The van der Waals surface area contributed by atoms with Gasteiger partial charge in [-0.2, -0.15) is 0 Å². The molecule has 0 bridgehead atoms. The number of carbonyl (C=O) groups excluding carboxylic acids is 1. The number of para-hydroxylation sites is 1. The van der Waals surface area contributed by atoms with Crippen LogP contribution in [0.5, 0.6) is 17.2 Å². The second-order valence-electron chi connectivity index (χ2n) is 7.86. The Labute approximate surface area is 181 Å². The molecule has 8 heteroatoms. The Morgan fingerprint density at radius 3 is 2.58 bits per heavy atom. The van der Waals surface area contributed by atoms with Gasteiger partial charge in [-0.3, -0.25) is 4.79 Å². The van der Waals surface area contributed by atoms with E-state index < -0.39 is 6.04 Å². The highest BCUT2D eigenvalue weighted by molar-refractivity contribution is 5.86. The number of carbonyl (C=O) groups is 1. The van der Waals surface area contributed by atoms with Crippen molar-refractivity contribution in [1.29, 1.82) is 0 Å². The average molecular weight is 428 g/mol. The molecular weight excluding hydrogens is 398 g/mol. The summed E-state index contributed by atoms with van der Waals surface area (Å²) in [6, 6.07) is 11.5. The van der Waals surface area contributed by atoms with E-state index in [1.807, 2.05) is 36.1 Å². The second kappa shape index (κ2) is 9.13. The number of methoxy groups -OCH3 is 1. The first kappa shape index (κ1) is 21.4. The van der Waals surface area contributed by atoms with Crippen LogP contribution in [0.3, 0.4) is 0 Å². The summed E-state index contributed by atoms with van der Waals surface area (Å²) in [5, 5.41) is 20.6. The fourth-order valence-electron chi connectivity index (χ4n) is 4.73. The van der Waals surface area contributed by atoms with E-state index >= 15 is 0 Å². The Morgan fingerprint density at radius 1 is 1.06 bits per heavy atom. The van der Waals surface area contributed by atoms with E-state index in [1.165, 1.54) is 0 Å². The van der Waals surface area contributed by atoms with E-state index in [0.29, 0.717) is 31.9 Å². The maximum atomic E-state index is 13.3. The first-order valence-corrected chi connectivity index (χ1v) is 10.6. The van der Waals surface area contributed by atoms with Gasteiger partial charge in [-0.15, -0.1) is 0 Å². The lowest BCUT2D eigenvalue weighted by molar-refractivity contribution is -0.131. The molecule has 8 nitrogen and oxygen atoms in total. The van der Waals surface area contributed by atoms with Gasteiger partial charge in [-0.05, 0) is 37.1 Å². The van der Waals surface area contributed by atoms with E-state index in [0.717, 1.165) is 11.1 Å². The van der Waals surface area contributed by atoms with Gasteiger partial charge in [-0.1, -0.05) is 24.3 Å². The molecule has 4 unspecified atom stereocenters. The largest absolute Gasteiger partial charge is 0.508 e. The average Bonchev–Trinajstić information content (AvgIpc) is 3.30. The number of likely N-dealkylation sites (tertiary alicyclic amines) is 1. The van der Waals surface area contributed by atoms with Crippen LogP contribution in [0, 0.1) is 5.92 Å². The number of phenols is 2. The van der Waals surface area contributed by atoms with E-state index in [9.17, 15) is 15.0 Å². The molecule has 0 aromatic heterocycles. The molecule has 31 heavy (non-hydrogen) atoms. The molecule has 166 valence electrons. The van der Waals surface area contributed by atoms with Crippen molar-refractivity contribution in [2.24, 2.45) is 5.92 Å². The molecule has 0 saturated carbocycles. The molecule has 2 aromatic rings. The molecule has 2 aromatic carbocycles. The van der Waals surface area contributed by atoms with Gasteiger partial charge in [0, 0.05) is 31.7 Å². The van der Waals surface area contributed by atoms with Crippen LogP contribution in [0.15, 0.2) is 42.5 Å². The minimum absolute atomic E-state index is 0.00237. The molecule has 0 radical (unpaired) electrons. The van der Waals surface area contributed by atoms with Crippen molar-refractivity contribution in [2.45, 2.75) is 31.5 Å². The lowest BCUT2D eigenvalue weighted by Crippen LogP contribution is -2.41. The van der Waals surface area contributed by atoms with Gasteiger partial charge in [0.25, 0.3) is 0 Å². The van der Waals surface area contributed by atoms with Crippen molar-refractivity contribution in [2.75, 3.05) is 26.9 Å². The predicted molar refractivity (Wildman–Crippen MR) is 115 cm³/mol. The van der Waals surface area contributed by atoms with Gasteiger partial charge in [0.15, 0.2) is 11.5 Å². The van der Waals surface area contributed by atoms with Crippen LogP contribution >= 0.6 is 0 Å². The topological polar surface area (TPSA) is 103 Å². The molecule has 4 rings (SSSR count). The summed E-state index contributed by atoms with van der Waals surface area (Å²) in [5.74, 6) is 0.486. The minimum atomic E-state index is -0.429. The number of hydrogen-bond donors (Lipinski definition) is 4. The van der Waals surface area contributed by atoms with E-state index in [1.54, 1.807) is 25.3 Å². The lowest BCUT2D eigenvalue weighted by atomic mass is 9.83. The first-order chi connectivity index (χ1) is 15.1. The van der Waals surface area contributed by atoms with Crippen LogP contribution in [-0.2, 0) is 9.53 Å². The number of hydrazine groups is 1. The van der Waals surface area contributed by atoms with Crippen LogP contribution in [-0.4, -0.2) is 53.9 Å². The Balaban J connectivity index is 1.75. The molecular formula is C23H29N3O5. The molecule has 2 heterocycles. The summed E-state index contributed by atoms with van der Waals surface area (Å²) < 4.78 is 10.8. The third-order valence-electron chi connectivity index (χ3n) is 6.06. The molecule has 4 atom stereocenters. The number of hydrogen-bond acceptors (Lipinski definition) is 7. The number of ether oxygens (including phenoxy) is 2. The molecule has 1 amide bonds. The minimum Gasteiger partial charge on any atom is -0.508 e. The third-order valence-corrected chi connectivity index (χ3v) is 6.06. The summed E-state index contributed by atoms with van der Waals surface area (Å²) in [6.45, 7) is 3.38. The normalized spacial score (nSPS) is 25.1. The maximum Gasteiger partial charge on any atom is 0.242 e. The number of benzene rings is 2. The van der Waals surface area contributed by atoms with Gasteiger partial charge < -0.3 is 24.6 Å². The number of amides is 1. The summed E-state index contributed by atoms with van der Waals surface area (Å²) in [5.41, 5.74) is 7.99. The molecule has 2 aliphatic rings. The Morgan fingerprint density at radius 2 is 1.84 bits per heavy atom. The van der Waals surface area contributed by atoms with Gasteiger partial charge >= 0.3 is 0 Å². The monoisotopic (exact) mass is 427 g/mol.